The zero-order valence-electron chi connectivity index (χ0n) is 9.25. The normalized spacial score (nSPS) is 26.5. The van der Waals surface area contributed by atoms with Gasteiger partial charge < -0.3 is 9.64 Å². The number of carbonyl (C=O) groups is 1. The maximum absolute atomic E-state index is 13.7. The minimum atomic E-state index is -1.52. The first-order valence-corrected chi connectivity index (χ1v) is 5.36. The van der Waals surface area contributed by atoms with E-state index < -0.39 is 17.4 Å². The van der Waals surface area contributed by atoms with Crippen LogP contribution in [0.1, 0.15) is 27.2 Å². The van der Waals surface area contributed by atoms with E-state index in [1.54, 1.807) is 20.8 Å². The summed E-state index contributed by atoms with van der Waals surface area (Å²) in [6.45, 7) is 5.71. The van der Waals surface area contributed by atoms with Gasteiger partial charge in [0, 0.05) is 18.3 Å². The van der Waals surface area contributed by atoms with Gasteiger partial charge in [-0.25, -0.2) is 9.18 Å². The van der Waals surface area contributed by atoms with Crippen molar-refractivity contribution in [1.29, 1.82) is 0 Å². The van der Waals surface area contributed by atoms with Gasteiger partial charge in [0.2, 0.25) is 0 Å². The first kappa shape index (κ1) is 12.4. The van der Waals surface area contributed by atoms with Gasteiger partial charge in [0.25, 0.3) is 0 Å². The highest BCUT2D eigenvalue weighted by atomic mass is 32.1. The molecule has 1 saturated heterocycles. The Morgan fingerprint density at radius 2 is 2.20 bits per heavy atom. The predicted octanol–water partition coefficient (Wildman–Crippen LogP) is 2.34. The summed E-state index contributed by atoms with van der Waals surface area (Å²) in [7, 11) is 0. The summed E-state index contributed by atoms with van der Waals surface area (Å²) >= 11 is 4.60. The van der Waals surface area contributed by atoms with E-state index in [1.807, 2.05) is 0 Å². The van der Waals surface area contributed by atoms with Gasteiger partial charge in [-0.05, 0) is 20.8 Å². The highest BCUT2D eigenvalue weighted by Gasteiger charge is 2.39. The highest BCUT2D eigenvalue weighted by Crippen LogP contribution is 2.25. The molecule has 86 valence electrons. The fraction of sp³-hybridized carbons (Fsp3) is 0.800. The Hall–Kier alpha value is -0.710. The van der Waals surface area contributed by atoms with Crippen LogP contribution in [0.3, 0.4) is 0 Å². The monoisotopic (exact) mass is 233 g/mol. The summed E-state index contributed by atoms with van der Waals surface area (Å²) in [6.07, 6.45) is -0.214. The number of carbonyl (C=O) groups excluding carboxylic acids is 1. The average Bonchev–Trinajstić information content (AvgIpc) is 2.46. The van der Waals surface area contributed by atoms with Gasteiger partial charge in [0.05, 0.1) is 6.54 Å². The summed E-state index contributed by atoms with van der Waals surface area (Å²) in [6, 6.07) is 0. The molecule has 0 aromatic rings. The van der Waals surface area contributed by atoms with Gasteiger partial charge in [-0.3, -0.25) is 0 Å². The van der Waals surface area contributed by atoms with Crippen LogP contribution in [0.25, 0.3) is 0 Å². The first-order chi connectivity index (χ1) is 6.76. The van der Waals surface area contributed by atoms with E-state index in [2.05, 4.69) is 12.2 Å². The van der Waals surface area contributed by atoms with Crippen LogP contribution in [0.2, 0.25) is 0 Å². The Morgan fingerprint density at radius 1 is 1.60 bits per heavy atom. The minimum Gasteiger partial charge on any atom is -0.444 e. The molecule has 0 radical (unpaired) electrons. The lowest BCUT2D eigenvalue weighted by Crippen LogP contribution is -2.37. The molecule has 0 aliphatic carbocycles. The molecule has 1 amide bonds. The topological polar surface area (TPSA) is 29.5 Å². The second-order valence-electron chi connectivity index (χ2n) is 4.80. The van der Waals surface area contributed by atoms with Crippen LogP contribution >= 0.6 is 12.2 Å². The Balaban J connectivity index is 2.54. The lowest BCUT2D eigenvalue weighted by atomic mass is 10.1. The van der Waals surface area contributed by atoms with E-state index in [0.29, 0.717) is 6.54 Å². The number of thiocarbonyl (C=S) groups is 1. The Kier molecular flexibility index (Phi) is 3.33. The molecule has 5 heteroatoms. The Bertz CT molecular complexity index is 277. The van der Waals surface area contributed by atoms with Crippen LogP contribution in [0.15, 0.2) is 0 Å². The molecule has 0 bridgehead atoms. The van der Waals surface area contributed by atoms with Gasteiger partial charge in [0.15, 0.2) is 5.67 Å². The lowest BCUT2D eigenvalue weighted by Gasteiger charge is -2.24. The van der Waals surface area contributed by atoms with Crippen LogP contribution in [0.5, 0.6) is 0 Å². The predicted molar refractivity (Wildman–Crippen MR) is 59.9 cm³/mol. The molecule has 0 spiro atoms. The molecule has 1 fully saturated rings. The number of hydrogen-bond acceptors (Lipinski definition) is 3. The largest absolute Gasteiger partial charge is 0.444 e. The van der Waals surface area contributed by atoms with E-state index >= 15 is 0 Å². The van der Waals surface area contributed by atoms with Gasteiger partial charge in [-0.2, -0.15) is 0 Å². The quantitative estimate of drug-likeness (QED) is 0.651. The molecular formula is C10H16FNO2S. The molecule has 15 heavy (non-hydrogen) atoms. The minimum absolute atomic E-state index is 0.00537. The van der Waals surface area contributed by atoms with E-state index in [9.17, 15) is 9.18 Å². The van der Waals surface area contributed by atoms with E-state index in [1.165, 1.54) is 4.90 Å². The zero-order valence-corrected chi connectivity index (χ0v) is 10.1. The maximum atomic E-state index is 13.7. The number of halogens is 1. The molecular weight excluding hydrogens is 217 g/mol. The van der Waals surface area contributed by atoms with Crippen molar-refractivity contribution in [2.75, 3.05) is 13.1 Å². The molecule has 1 aliphatic heterocycles. The lowest BCUT2D eigenvalue weighted by molar-refractivity contribution is 0.0277. The molecule has 3 nitrogen and oxygen atoms in total. The average molecular weight is 233 g/mol. The van der Waals surface area contributed by atoms with E-state index in [0.717, 1.165) is 5.37 Å². The summed E-state index contributed by atoms with van der Waals surface area (Å²) < 4.78 is 18.8. The first-order valence-electron chi connectivity index (χ1n) is 4.89. The molecule has 1 atom stereocenters. The third-order valence-corrected chi connectivity index (χ3v) is 2.54. The molecule has 0 aromatic carbocycles. The van der Waals surface area contributed by atoms with Crippen LogP contribution in [0.4, 0.5) is 9.18 Å². The van der Waals surface area contributed by atoms with Gasteiger partial charge in [0.1, 0.15) is 5.60 Å². The van der Waals surface area contributed by atoms with Crippen LogP contribution < -0.4 is 0 Å². The van der Waals surface area contributed by atoms with E-state index in [4.69, 9.17) is 4.74 Å². The zero-order chi connectivity index (χ0) is 11.7. The van der Waals surface area contributed by atoms with Crippen molar-refractivity contribution in [2.45, 2.75) is 38.5 Å². The number of nitrogens with zero attached hydrogens (tertiary/aromatic N) is 1. The van der Waals surface area contributed by atoms with Gasteiger partial charge in [-0.1, -0.05) is 12.2 Å². The number of alkyl halides is 1. The summed E-state index contributed by atoms with van der Waals surface area (Å²) in [5.41, 5.74) is -2.07. The number of hydrogen-bond donors (Lipinski definition) is 0. The number of likely N-dealkylation sites (tertiary alicyclic amines) is 1. The molecule has 1 rings (SSSR count). The third-order valence-electron chi connectivity index (χ3n) is 2.11. The highest BCUT2D eigenvalue weighted by molar-refractivity contribution is 7.79. The second kappa shape index (κ2) is 4.04. The van der Waals surface area contributed by atoms with Gasteiger partial charge in [-0.15, -0.1) is 0 Å². The number of ether oxygens (including phenoxy) is 1. The molecule has 0 saturated carbocycles. The summed E-state index contributed by atoms with van der Waals surface area (Å²) in [5, 5.41) is 1.09. The second-order valence-corrected chi connectivity index (χ2v) is 5.04. The number of amides is 1. The van der Waals surface area contributed by atoms with Crippen LogP contribution in [-0.2, 0) is 4.74 Å². The number of rotatable bonds is 1. The molecule has 1 heterocycles. The fourth-order valence-electron chi connectivity index (χ4n) is 1.37. The smallest absolute Gasteiger partial charge is 0.410 e. The van der Waals surface area contributed by atoms with Crippen molar-refractivity contribution >= 4 is 23.7 Å². The van der Waals surface area contributed by atoms with Gasteiger partial charge >= 0.3 is 6.09 Å². The third kappa shape index (κ3) is 3.41. The van der Waals surface area contributed by atoms with E-state index in [-0.39, 0.29) is 13.0 Å². The standard InChI is InChI=1S/C10H16FNO2S/c1-9(2,3)14-8(13)12-5-4-10(11,6-12)7-15/h7H,4-6H2,1-3H3. The van der Waals surface area contributed by atoms with Crippen LogP contribution in [0, 0.1) is 0 Å². The van der Waals surface area contributed by atoms with Crippen molar-refractivity contribution < 1.29 is 13.9 Å². The molecule has 1 unspecified atom stereocenters. The molecule has 1 aliphatic rings. The fourth-order valence-corrected chi connectivity index (χ4v) is 1.57. The van der Waals surface area contributed by atoms with Crippen LogP contribution in [-0.4, -0.2) is 40.7 Å². The van der Waals surface area contributed by atoms with Crippen molar-refractivity contribution in [3.63, 3.8) is 0 Å². The van der Waals surface area contributed by atoms with Crippen molar-refractivity contribution in [2.24, 2.45) is 0 Å². The molecule has 0 N–H and O–H groups in total. The Morgan fingerprint density at radius 3 is 2.60 bits per heavy atom. The summed E-state index contributed by atoms with van der Waals surface area (Å²) in [5.74, 6) is 0. The van der Waals surface area contributed by atoms with Crippen molar-refractivity contribution in [1.82, 2.24) is 4.90 Å². The maximum Gasteiger partial charge on any atom is 0.410 e. The summed E-state index contributed by atoms with van der Waals surface area (Å²) in [4.78, 5) is 12.9. The van der Waals surface area contributed by atoms with Crippen molar-refractivity contribution in [3.8, 4) is 0 Å². The Labute approximate surface area is 94.6 Å². The molecule has 0 aromatic heterocycles. The SMILES string of the molecule is CC(C)(C)OC(=O)N1CCC(F)(C=S)C1. The van der Waals surface area contributed by atoms with Crippen molar-refractivity contribution in [3.05, 3.63) is 0 Å².